The predicted molar refractivity (Wildman–Crippen MR) is 569 cm³/mol. The average Bonchev–Trinajstić information content (AvgIpc) is 1.61. The molecule has 0 aliphatic carbocycles. The molecule has 46 heteroatoms. The third-order valence-electron chi connectivity index (χ3n) is 21.3. The molecule has 6 N–H and O–H groups in total. The number of nitrogens with one attached hydrogen (secondary N) is 5. The summed E-state index contributed by atoms with van der Waals surface area (Å²) >= 11 is 60.4. The van der Waals surface area contributed by atoms with Gasteiger partial charge in [0.1, 0.15) is 11.2 Å². The number of hydrogen-bond acceptors (Lipinski definition) is 19. The van der Waals surface area contributed by atoms with E-state index >= 15 is 0 Å². The van der Waals surface area contributed by atoms with E-state index in [1.54, 1.807) is 130 Å². The number of carbonyl (C=O) groups is 5. The van der Waals surface area contributed by atoms with Crippen LogP contribution >= 0.6 is 202 Å². The molecule has 137 heavy (non-hydrogen) atoms. The standard InChI is InChI=1S/C19H19Cl2N3O3S.C19H19Cl2N3O.C18H23Cl2N3O3.C10H18N2O2.C8H9Br.C7H7Cl2NO.C6H5ClO2S.CH3I.2CO2.CH3.3HI.2V/c20-15-7-6-13(17(21)8-15)9-22-19(25)23-10-14-11-24(18(14)12-23)28(26,27)16-4-2-1-3-5-16;20-15-7-6-13(17(21)8-15)9-22-19(25)23-10-14-11-24(18(14)12-23)16-4-2-1-3-5-16;1-18(2,3)26-17(25)23-9-12-8-22(10-15(12)23)16(24)21-7-11-4-5-13(19)6-14(11)20;1-10(2,3)14-9(13)12-6-7-4-11-5-8(7)12;1-2-7-3-5-8(9)6-4-7;8-6-2-1-5(4-10-11)7(9)3-6;7-10(8,9)6-4-2-1-3-5-6;1-2;2*2-1-3;;;;;;/h1-8,14,18H,9-12H2,(H,22,25);1-8,14,18H,9-12H2,(H,22,25);4-6,12,15H,7-10H2,1-3H3,(H,21,24);7-8,11H,4-6H2,1-3H3;3-6H,2H2,1H3;1-3,10-11H,4H2;1-5H;1H3;;;1H3;3*1H;;/q;;;;;;;;;;-1;;;;;+3/p-3. The largest absolute Gasteiger partial charge is 0 e. The number of fused-ring (bicyclic) bond motifs is 4. The van der Waals surface area contributed by atoms with E-state index in [4.69, 9.17) is 137 Å². The van der Waals surface area contributed by atoms with Crippen LogP contribution in [0.5, 0.6) is 0 Å². The first-order chi connectivity index (χ1) is 63.8. The number of nitrogens with zero attached hydrogens (tertiary/aromatic N) is 7. The molecule has 0 saturated carbocycles. The molecular formula is C91H106BrCl9I4N12O16S2V2-. The number of benzene rings is 8. The van der Waals surface area contributed by atoms with Gasteiger partial charge in [0.25, 0.3) is 9.05 Å². The monoisotopic (exact) mass is 2690 g/mol. The second-order valence-electron chi connectivity index (χ2n) is 32.7. The number of ether oxygens (including phenoxy) is 2. The van der Waals surface area contributed by atoms with Crippen LogP contribution in [0.4, 0.5) is 29.7 Å². The van der Waals surface area contributed by atoms with E-state index in [0.29, 0.717) is 129 Å². The molecule has 8 fully saturated rings. The number of aryl methyl sites for hydroxylation is 1. The zero-order valence-corrected chi connectivity index (χ0v) is 97.2. The van der Waals surface area contributed by atoms with E-state index in [1.807, 2.05) is 73.9 Å². The van der Waals surface area contributed by atoms with Crippen molar-refractivity contribution >= 4 is 269 Å². The minimum atomic E-state index is -3.53. The van der Waals surface area contributed by atoms with Gasteiger partial charge < -0.3 is 72.8 Å². The van der Waals surface area contributed by atoms with Crippen molar-refractivity contribution in [1.82, 2.24) is 55.6 Å². The molecule has 8 aliphatic rings. The number of para-hydroxylation sites is 1. The zero-order chi connectivity index (χ0) is 100. The number of rotatable bonds is 13. The fourth-order valence-corrected chi connectivity index (χ4v) is 19.5. The molecule has 8 heterocycles. The number of carbonyl (C=O) groups excluding carboxylic acids is 9. The Labute approximate surface area is 918 Å². The predicted octanol–water partition coefficient (Wildman–Crippen LogP) is 21.9. The molecule has 0 bridgehead atoms. The van der Waals surface area contributed by atoms with Gasteiger partial charge in [-0.25, -0.2) is 46.3 Å². The molecule has 0 spiro atoms. The second kappa shape index (κ2) is 61.8. The summed E-state index contributed by atoms with van der Waals surface area (Å²) in [5.41, 5.74) is 7.01. The van der Waals surface area contributed by atoms with Crippen LogP contribution in [0.2, 0.25) is 40.2 Å². The molecule has 1 radical (unpaired) electrons. The quantitative estimate of drug-likeness (QED) is 0.0205. The maximum absolute atomic E-state index is 12.8. The van der Waals surface area contributed by atoms with Crippen LogP contribution in [-0.4, -0.2) is 212 Å². The number of alkyl halides is 1. The van der Waals surface area contributed by atoms with Gasteiger partial charge in [-0.2, -0.15) is 23.5 Å². The Balaban J connectivity index is 0.000000337. The number of halogens is 14. The summed E-state index contributed by atoms with van der Waals surface area (Å²) in [5, 5.41) is 24.8. The number of hydroxylamine groups is 1. The second-order valence-corrected chi connectivity index (χ2v) is 76.8. The first-order valence-electron chi connectivity index (χ1n) is 41.5. The SMILES string of the molecule is CC(C)(C)OC(=O)N1CC2CN(C(=O)NCc3ccc(Cl)cc3Cl)CC21.CC(C)(C)OC(=O)N1CC2CNCC21.CCc1ccc(Br)cc1.CI.O=C(NCc1ccc(Cl)cc1Cl)N1CC2CN(S(=O)(=O)c3ccccc3)C2C1.O=C(NCc1ccc(Cl)cc1Cl)N1CC2CN(c3ccccc3)C2C1.O=C=O.O=C=O.O=S(=O)(Cl)c1ccccc1.ONCc1ccc(Cl)cc1Cl.[CH3-].[I][V]([I])[I].[V]. The summed E-state index contributed by atoms with van der Waals surface area (Å²) in [6.07, 6.45) is 1.14. The van der Waals surface area contributed by atoms with Gasteiger partial charge in [0, 0.05) is 214 Å². The van der Waals surface area contributed by atoms with Crippen molar-refractivity contribution in [2.75, 3.05) is 88.4 Å². The number of urea groups is 3. The summed E-state index contributed by atoms with van der Waals surface area (Å²) in [7, 11) is -2.03. The Morgan fingerprint density at radius 2 is 0.803 bits per heavy atom. The maximum atomic E-state index is 12.8. The van der Waals surface area contributed by atoms with E-state index < -0.39 is 24.7 Å². The van der Waals surface area contributed by atoms with Crippen molar-refractivity contribution in [3.05, 3.63) is 268 Å². The van der Waals surface area contributed by atoms with Gasteiger partial charge in [-0.05, 0) is 178 Å². The minimum Gasteiger partial charge on any atom is 0 e. The summed E-state index contributed by atoms with van der Waals surface area (Å²) < 4.78 is 60.2. The fourth-order valence-electron chi connectivity index (χ4n) is 14.8. The third-order valence-corrected chi connectivity index (χ3v) is 27.5. The molecule has 8 aromatic rings. The van der Waals surface area contributed by atoms with Crippen molar-refractivity contribution < 1.29 is 98.1 Å². The van der Waals surface area contributed by atoms with Crippen LogP contribution in [0.25, 0.3) is 0 Å². The molecule has 8 saturated heterocycles. The number of anilines is 1. The van der Waals surface area contributed by atoms with Crippen LogP contribution in [0.3, 0.4) is 0 Å². The van der Waals surface area contributed by atoms with Crippen molar-refractivity contribution in [1.29, 1.82) is 0 Å². The normalized spacial score (nSPS) is 18.4. The van der Waals surface area contributed by atoms with Crippen molar-refractivity contribution in [3.63, 3.8) is 0 Å². The van der Waals surface area contributed by atoms with Gasteiger partial charge in [0.2, 0.25) is 10.0 Å². The van der Waals surface area contributed by atoms with Crippen molar-refractivity contribution in [2.24, 2.45) is 23.7 Å². The van der Waals surface area contributed by atoms with E-state index in [9.17, 15) is 40.8 Å². The van der Waals surface area contributed by atoms with Crippen LogP contribution in [-0.2, 0) is 104 Å². The molecule has 0 aromatic heterocycles. The number of likely N-dealkylation sites (tertiary alicyclic amines) is 5. The van der Waals surface area contributed by atoms with Gasteiger partial charge in [-0.15, -0.1) is 0 Å². The third kappa shape index (κ3) is 41.2. The molecular weight excluding hydrogens is 2590 g/mol. The first-order valence-corrected chi connectivity index (χ1v) is 64.7. The minimum absolute atomic E-state index is 0. The van der Waals surface area contributed by atoms with Crippen molar-refractivity contribution in [3.8, 4) is 0 Å². The molecule has 8 aromatic carbocycles. The topological polar surface area (TPSA) is 343 Å². The van der Waals surface area contributed by atoms with Crippen molar-refractivity contribution in [2.45, 2.75) is 126 Å². The van der Waals surface area contributed by atoms with Gasteiger partial charge >= 0.3 is 107 Å². The summed E-state index contributed by atoms with van der Waals surface area (Å²) in [4.78, 5) is 107. The first kappa shape index (κ1) is 125. The molecule has 747 valence electrons. The van der Waals surface area contributed by atoms with E-state index in [1.165, 1.54) is 27.7 Å². The van der Waals surface area contributed by atoms with Gasteiger partial charge in [0.15, 0.2) is 0 Å². The van der Waals surface area contributed by atoms with Crippen LogP contribution < -0.4 is 31.6 Å². The van der Waals surface area contributed by atoms with E-state index in [0.717, 1.165) is 72.4 Å². The number of amides is 8. The number of sulfonamides is 1. The fraction of sp³-hybridized carbons (Fsp3) is 0.385. The molecule has 8 amide bonds. The Bertz CT molecular complexity index is 5490. The van der Waals surface area contributed by atoms with Gasteiger partial charge in [-0.3, -0.25) is 0 Å². The van der Waals surface area contributed by atoms with Crippen LogP contribution in [0, 0.1) is 31.1 Å². The Hall–Kier alpha value is -4.41. The Morgan fingerprint density at radius 3 is 1.15 bits per heavy atom. The van der Waals surface area contributed by atoms with Gasteiger partial charge in [0.05, 0.1) is 27.9 Å². The average molecular weight is 2700 g/mol. The molecule has 8 unspecified atom stereocenters. The molecule has 8 aliphatic heterocycles. The van der Waals surface area contributed by atoms with Gasteiger partial charge in [-0.1, -0.05) is 229 Å². The summed E-state index contributed by atoms with van der Waals surface area (Å²) in [5.74, 6) is 1.70. The zero-order valence-electron chi connectivity index (χ0n) is 75.7. The maximum Gasteiger partial charge on any atom is 0 e. The van der Waals surface area contributed by atoms with Crippen LogP contribution in [0.1, 0.15) is 76.3 Å². The van der Waals surface area contributed by atoms with E-state index in [-0.39, 0.29) is 113 Å². The number of hydrogen-bond donors (Lipinski definition) is 6. The summed E-state index contributed by atoms with van der Waals surface area (Å²) in [6, 6.07) is 56.0. The molecule has 8 atom stereocenters. The van der Waals surface area contributed by atoms with Crippen LogP contribution in [0.15, 0.2) is 202 Å². The molecule has 28 nitrogen and oxygen atoms in total. The summed E-state index contributed by atoms with van der Waals surface area (Å²) in [6.45, 7) is 23.3. The van der Waals surface area contributed by atoms with E-state index in [2.05, 4.69) is 180 Å². The Morgan fingerprint density at radius 1 is 0.467 bits per heavy atom. The smallest absolute Gasteiger partial charge is 0 e. The molecule has 16 rings (SSSR count). The Kier molecular flexibility index (Phi) is 56.3.